The molecule has 1 aromatic rings. The first kappa shape index (κ1) is 16.8. The van der Waals surface area contributed by atoms with Gasteiger partial charge in [-0.25, -0.2) is 4.79 Å². The molecule has 1 fully saturated rings. The van der Waals surface area contributed by atoms with E-state index in [0.29, 0.717) is 26.2 Å². The van der Waals surface area contributed by atoms with Gasteiger partial charge in [-0.05, 0) is 49.3 Å². The van der Waals surface area contributed by atoms with Gasteiger partial charge in [0.05, 0.1) is 6.04 Å². The maximum atomic E-state index is 12.5. The number of nitrogens with one attached hydrogen (secondary N) is 1. The quantitative estimate of drug-likeness (QED) is 0.906. The van der Waals surface area contributed by atoms with Crippen molar-refractivity contribution in [3.8, 4) is 0 Å². The Labute approximate surface area is 144 Å². The Morgan fingerprint density at radius 3 is 2.29 bits per heavy atom. The molecular weight excluding hydrogens is 302 g/mol. The van der Waals surface area contributed by atoms with Crippen molar-refractivity contribution in [1.82, 2.24) is 15.1 Å². The maximum absolute atomic E-state index is 12.5. The van der Waals surface area contributed by atoms with Crippen LogP contribution in [0.25, 0.3) is 0 Å². The number of hydrogen-bond donors (Lipinski definition) is 1. The number of urea groups is 1. The highest BCUT2D eigenvalue weighted by atomic mass is 16.2. The fourth-order valence-corrected chi connectivity index (χ4v) is 3.61. The fourth-order valence-electron chi connectivity index (χ4n) is 3.61. The first-order valence-electron chi connectivity index (χ1n) is 8.97. The van der Waals surface area contributed by atoms with E-state index in [1.807, 2.05) is 6.92 Å². The molecule has 1 aliphatic heterocycles. The Kier molecular flexibility index (Phi) is 5.07. The van der Waals surface area contributed by atoms with Gasteiger partial charge < -0.3 is 15.1 Å². The Balaban J connectivity index is 1.57. The fraction of sp³-hybridized carbons (Fsp3) is 0.579. The summed E-state index contributed by atoms with van der Waals surface area (Å²) in [7, 11) is 0. The largest absolute Gasteiger partial charge is 0.339 e. The highest BCUT2D eigenvalue weighted by molar-refractivity contribution is 5.76. The van der Waals surface area contributed by atoms with E-state index in [2.05, 4.69) is 23.5 Å². The lowest BCUT2D eigenvalue weighted by atomic mass is 9.89. The molecule has 1 saturated heterocycles. The molecule has 1 aliphatic carbocycles. The van der Waals surface area contributed by atoms with Crippen LogP contribution >= 0.6 is 0 Å². The predicted octanol–water partition coefficient (Wildman–Crippen LogP) is 2.50. The molecule has 1 heterocycles. The lowest BCUT2D eigenvalue weighted by molar-refractivity contribution is -0.130. The number of amides is 3. The van der Waals surface area contributed by atoms with Crippen molar-refractivity contribution in [3.05, 3.63) is 34.9 Å². The van der Waals surface area contributed by atoms with E-state index in [4.69, 9.17) is 0 Å². The third-order valence-corrected chi connectivity index (χ3v) is 5.22. The van der Waals surface area contributed by atoms with E-state index in [0.717, 1.165) is 6.42 Å². The zero-order chi connectivity index (χ0) is 17.1. The smallest absolute Gasteiger partial charge is 0.317 e. The molecule has 130 valence electrons. The minimum Gasteiger partial charge on any atom is -0.339 e. The Morgan fingerprint density at radius 2 is 1.62 bits per heavy atom. The molecule has 0 aromatic heterocycles. The second-order valence-electron chi connectivity index (χ2n) is 6.90. The highest BCUT2D eigenvalue weighted by Gasteiger charge is 2.23. The second-order valence-corrected chi connectivity index (χ2v) is 6.90. The van der Waals surface area contributed by atoms with Gasteiger partial charge in [-0.3, -0.25) is 4.79 Å². The van der Waals surface area contributed by atoms with E-state index in [-0.39, 0.29) is 18.0 Å². The summed E-state index contributed by atoms with van der Waals surface area (Å²) in [6.45, 7) is 6.05. The molecule has 1 N–H and O–H groups in total. The van der Waals surface area contributed by atoms with Gasteiger partial charge in [0.15, 0.2) is 0 Å². The molecule has 0 radical (unpaired) electrons. The first-order valence-corrected chi connectivity index (χ1v) is 8.97. The lowest BCUT2D eigenvalue weighted by Crippen LogP contribution is -2.53. The number of piperazine rings is 1. The zero-order valence-corrected chi connectivity index (χ0v) is 14.7. The summed E-state index contributed by atoms with van der Waals surface area (Å²) in [5, 5.41) is 3.10. The third-order valence-electron chi connectivity index (χ3n) is 5.22. The third kappa shape index (κ3) is 3.71. The van der Waals surface area contributed by atoms with Crippen LogP contribution in [0.2, 0.25) is 0 Å². The SMILES string of the molecule is CC(=O)N1CCN(C(=O)NC(C)c2ccc3c(c2)CCCC3)CC1. The standard InChI is InChI=1S/C19H27N3O2/c1-14(17-8-7-16-5-3-4-6-18(16)13-17)20-19(24)22-11-9-21(10-12-22)15(2)23/h7-8,13-14H,3-6,9-12H2,1-2H3,(H,20,24). The van der Waals surface area contributed by atoms with Crippen molar-refractivity contribution in [2.24, 2.45) is 0 Å². The molecule has 1 atom stereocenters. The van der Waals surface area contributed by atoms with Crippen LogP contribution in [0, 0.1) is 0 Å². The van der Waals surface area contributed by atoms with E-state index in [9.17, 15) is 9.59 Å². The summed E-state index contributed by atoms with van der Waals surface area (Å²) in [6.07, 6.45) is 4.87. The second kappa shape index (κ2) is 7.24. The monoisotopic (exact) mass is 329 g/mol. The van der Waals surface area contributed by atoms with Crippen LogP contribution in [0.3, 0.4) is 0 Å². The lowest BCUT2D eigenvalue weighted by Gasteiger charge is -2.34. The molecule has 1 aromatic carbocycles. The van der Waals surface area contributed by atoms with Crippen LogP contribution in [0.15, 0.2) is 18.2 Å². The minimum absolute atomic E-state index is 0.00411. The van der Waals surface area contributed by atoms with Gasteiger partial charge in [-0.15, -0.1) is 0 Å². The average Bonchev–Trinajstić information content (AvgIpc) is 2.61. The minimum atomic E-state index is -0.0385. The number of aryl methyl sites for hydroxylation is 2. The van der Waals surface area contributed by atoms with Crippen LogP contribution < -0.4 is 5.32 Å². The van der Waals surface area contributed by atoms with Crippen LogP contribution in [-0.4, -0.2) is 47.9 Å². The number of rotatable bonds is 2. The van der Waals surface area contributed by atoms with Gasteiger partial charge in [-0.2, -0.15) is 0 Å². The summed E-state index contributed by atoms with van der Waals surface area (Å²) in [4.78, 5) is 27.4. The van der Waals surface area contributed by atoms with E-state index >= 15 is 0 Å². The Bertz CT molecular complexity index is 621. The van der Waals surface area contributed by atoms with E-state index in [1.54, 1.807) is 16.7 Å². The Hall–Kier alpha value is -2.04. The van der Waals surface area contributed by atoms with Crippen molar-refractivity contribution in [2.45, 2.75) is 45.6 Å². The van der Waals surface area contributed by atoms with Gasteiger partial charge in [0.2, 0.25) is 5.91 Å². The van der Waals surface area contributed by atoms with Gasteiger partial charge >= 0.3 is 6.03 Å². The number of hydrogen-bond acceptors (Lipinski definition) is 2. The van der Waals surface area contributed by atoms with E-state index in [1.165, 1.54) is 36.0 Å². The molecular formula is C19H27N3O2. The zero-order valence-electron chi connectivity index (χ0n) is 14.7. The van der Waals surface area contributed by atoms with Crippen LogP contribution in [0.5, 0.6) is 0 Å². The van der Waals surface area contributed by atoms with Gasteiger partial charge in [0.25, 0.3) is 0 Å². The number of benzene rings is 1. The molecule has 0 bridgehead atoms. The predicted molar refractivity (Wildman–Crippen MR) is 93.9 cm³/mol. The van der Waals surface area contributed by atoms with Crippen LogP contribution in [0.4, 0.5) is 4.79 Å². The van der Waals surface area contributed by atoms with Crippen molar-refractivity contribution in [1.29, 1.82) is 0 Å². The van der Waals surface area contributed by atoms with Gasteiger partial charge in [0, 0.05) is 33.1 Å². The number of fused-ring (bicyclic) bond motifs is 1. The molecule has 24 heavy (non-hydrogen) atoms. The topological polar surface area (TPSA) is 52.7 Å². The molecule has 0 saturated carbocycles. The van der Waals surface area contributed by atoms with Crippen molar-refractivity contribution < 1.29 is 9.59 Å². The van der Waals surface area contributed by atoms with Gasteiger partial charge in [0.1, 0.15) is 0 Å². The highest BCUT2D eigenvalue weighted by Crippen LogP contribution is 2.24. The molecule has 5 nitrogen and oxygen atoms in total. The Morgan fingerprint density at radius 1 is 1.00 bits per heavy atom. The summed E-state index contributed by atoms with van der Waals surface area (Å²) >= 11 is 0. The first-order chi connectivity index (χ1) is 11.5. The normalized spacial score (nSPS) is 18.8. The average molecular weight is 329 g/mol. The van der Waals surface area contributed by atoms with Crippen LogP contribution in [0.1, 0.15) is 49.4 Å². The summed E-state index contributed by atoms with van der Waals surface area (Å²) < 4.78 is 0. The molecule has 1 unspecified atom stereocenters. The summed E-state index contributed by atoms with van der Waals surface area (Å²) in [5.74, 6) is 0.0810. The van der Waals surface area contributed by atoms with E-state index < -0.39 is 0 Å². The van der Waals surface area contributed by atoms with Crippen LogP contribution in [-0.2, 0) is 17.6 Å². The molecule has 5 heteroatoms. The van der Waals surface area contributed by atoms with Crippen molar-refractivity contribution >= 4 is 11.9 Å². The van der Waals surface area contributed by atoms with Crippen molar-refractivity contribution in [3.63, 3.8) is 0 Å². The molecule has 2 aliphatic rings. The van der Waals surface area contributed by atoms with Gasteiger partial charge in [-0.1, -0.05) is 18.2 Å². The molecule has 0 spiro atoms. The summed E-state index contributed by atoms with van der Waals surface area (Å²) in [6, 6.07) is 6.58. The van der Waals surface area contributed by atoms with Crippen molar-refractivity contribution in [2.75, 3.05) is 26.2 Å². The number of carbonyl (C=O) groups is 2. The molecule has 3 rings (SSSR count). The molecule has 3 amide bonds. The number of nitrogens with zero attached hydrogens (tertiary/aromatic N) is 2. The maximum Gasteiger partial charge on any atom is 0.317 e. The summed E-state index contributed by atoms with van der Waals surface area (Å²) in [5.41, 5.74) is 4.07. The number of carbonyl (C=O) groups excluding carboxylic acids is 2.